The standard InChI is InChI=1S/C44H48FN7O10S2/c1-8-24-19-44(24,41(56)51-64(57,58)28-14-15-28)50-37(53)31-18-27(20-52(31)39(54)35(43(4,5)6)48-42-46-30(21-63-42)40(55)59-7)61-38-34-33(29-17-25(45)11-16-32(29)62-34)47-36(49-38)23-9-12-26(13-10-23)60-22(2)3/h8-13,16-17,21-22,24,27-28,31,35H,1,14-15,18-20H2,2-7H3,(H,46,48)(H,50,53)(H,51,56)/t24-,27-,31+,35-,44-/m1/s1. The number of methoxy groups -OCH3 is 1. The molecule has 0 radical (unpaired) electrons. The molecular weight excluding hydrogens is 870 g/mol. The molecule has 20 heteroatoms. The first-order valence-corrected chi connectivity index (χ1v) is 23.2. The van der Waals surface area contributed by atoms with E-state index >= 15 is 0 Å². The van der Waals surface area contributed by atoms with Crippen molar-refractivity contribution in [2.45, 2.75) is 95.4 Å². The van der Waals surface area contributed by atoms with Crippen LogP contribution >= 0.6 is 11.3 Å². The number of likely N-dealkylation sites (tertiary alicyclic amines) is 1. The van der Waals surface area contributed by atoms with E-state index in [0.717, 1.165) is 11.3 Å². The van der Waals surface area contributed by atoms with Crippen molar-refractivity contribution >= 4 is 72.3 Å². The quantitative estimate of drug-likeness (QED) is 0.0841. The number of rotatable bonds is 15. The van der Waals surface area contributed by atoms with Crippen LogP contribution in [0.3, 0.4) is 0 Å². The SMILES string of the molecule is C=C[C@@H]1C[C@]1(NC(=O)[C@@H]1C[C@@H](Oc2nc(-c3ccc(OC(C)C)cc3)nc3c2oc2ccc(F)cc23)CN1C(=O)[C@@H](Nc1nc(C(=O)OC)cs1)C(C)(C)C)C(=O)NS(=O)(=O)C1CC1. The van der Waals surface area contributed by atoms with Crippen molar-refractivity contribution in [2.24, 2.45) is 11.3 Å². The van der Waals surface area contributed by atoms with Gasteiger partial charge in [0.15, 0.2) is 16.6 Å². The molecule has 0 bridgehead atoms. The van der Waals surface area contributed by atoms with Crippen molar-refractivity contribution in [3.05, 3.63) is 72.0 Å². The lowest BCUT2D eigenvalue weighted by atomic mass is 9.85. The summed E-state index contributed by atoms with van der Waals surface area (Å²) in [5.41, 5.74) is -1.12. The van der Waals surface area contributed by atoms with E-state index in [2.05, 4.69) is 26.9 Å². The number of benzene rings is 2. The minimum Gasteiger partial charge on any atom is -0.491 e. The van der Waals surface area contributed by atoms with Crippen LogP contribution in [0.15, 0.2) is 64.9 Å². The number of hydrogen-bond acceptors (Lipinski definition) is 15. The van der Waals surface area contributed by atoms with Crippen LogP contribution < -0.4 is 24.8 Å². The van der Waals surface area contributed by atoms with Crippen molar-refractivity contribution < 1.29 is 50.6 Å². The largest absolute Gasteiger partial charge is 0.491 e. The minimum atomic E-state index is -3.97. The van der Waals surface area contributed by atoms with Gasteiger partial charge in [-0.3, -0.25) is 19.1 Å². The van der Waals surface area contributed by atoms with Crippen LogP contribution in [0.1, 0.15) is 70.8 Å². The third kappa shape index (κ3) is 8.84. The Morgan fingerprint density at radius 1 is 1.08 bits per heavy atom. The average molecular weight is 918 g/mol. The van der Waals surface area contributed by atoms with Gasteiger partial charge in [0.25, 0.3) is 11.8 Å². The van der Waals surface area contributed by atoms with E-state index in [1.807, 2.05) is 34.6 Å². The molecule has 3 fully saturated rings. The van der Waals surface area contributed by atoms with Crippen LogP contribution in [-0.4, -0.2) is 101 Å². The predicted molar refractivity (Wildman–Crippen MR) is 235 cm³/mol. The molecule has 2 aliphatic carbocycles. The number of nitrogens with zero attached hydrogens (tertiary/aromatic N) is 4. The molecule has 5 aromatic rings. The number of nitrogens with one attached hydrogen (secondary N) is 3. The molecule has 2 saturated carbocycles. The van der Waals surface area contributed by atoms with Gasteiger partial charge in [-0.05, 0) is 81.0 Å². The predicted octanol–water partition coefficient (Wildman–Crippen LogP) is 5.76. The molecule has 3 amide bonds. The van der Waals surface area contributed by atoms with Crippen molar-refractivity contribution in [2.75, 3.05) is 19.0 Å². The van der Waals surface area contributed by atoms with Crippen molar-refractivity contribution in [3.8, 4) is 23.0 Å². The summed E-state index contributed by atoms with van der Waals surface area (Å²) in [4.78, 5) is 70.7. The number of amides is 3. The molecule has 0 spiro atoms. The Bertz CT molecular complexity index is 2780. The highest BCUT2D eigenvalue weighted by atomic mass is 32.2. The molecule has 4 heterocycles. The zero-order valence-electron chi connectivity index (χ0n) is 36.0. The zero-order valence-corrected chi connectivity index (χ0v) is 37.6. The molecule has 2 aromatic carbocycles. The van der Waals surface area contributed by atoms with E-state index in [9.17, 15) is 32.0 Å². The Morgan fingerprint density at radius 3 is 2.45 bits per heavy atom. The maximum atomic E-state index is 15.0. The smallest absolute Gasteiger partial charge is 0.357 e. The first kappa shape index (κ1) is 44.5. The van der Waals surface area contributed by atoms with Crippen molar-refractivity contribution in [1.82, 2.24) is 29.9 Å². The van der Waals surface area contributed by atoms with Crippen LogP contribution in [0, 0.1) is 17.2 Å². The molecule has 17 nitrogen and oxygen atoms in total. The van der Waals surface area contributed by atoms with Gasteiger partial charge < -0.3 is 34.2 Å². The van der Waals surface area contributed by atoms with Gasteiger partial charge in [-0.25, -0.2) is 27.6 Å². The molecule has 8 rings (SSSR count). The molecule has 5 atom stereocenters. The number of anilines is 1. The van der Waals surface area contributed by atoms with Crippen LogP contribution in [0.5, 0.6) is 11.6 Å². The summed E-state index contributed by atoms with van der Waals surface area (Å²) < 4.78 is 66.0. The van der Waals surface area contributed by atoms with Crippen LogP contribution in [0.25, 0.3) is 33.5 Å². The van der Waals surface area contributed by atoms with E-state index < -0.39 is 79.8 Å². The second-order valence-electron chi connectivity index (χ2n) is 17.6. The van der Waals surface area contributed by atoms with Gasteiger partial charge in [0, 0.05) is 28.7 Å². The van der Waals surface area contributed by atoms with Gasteiger partial charge >= 0.3 is 5.97 Å². The van der Waals surface area contributed by atoms with E-state index in [0.29, 0.717) is 35.1 Å². The monoisotopic (exact) mass is 917 g/mol. The number of aromatic nitrogens is 3. The van der Waals surface area contributed by atoms with Gasteiger partial charge in [-0.2, -0.15) is 4.98 Å². The number of carbonyl (C=O) groups is 4. The number of hydrogen-bond donors (Lipinski definition) is 3. The minimum absolute atomic E-state index is 0.0313. The molecule has 0 unspecified atom stereocenters. The highest BCUT2D eigenvalue weighted by molar-refractivity contribution is 7.91. The molecule has 3 aromatic heterocycles. The van der Waals surface area contributed by atoms with E-state index in [4.69, 9.17) is 28.6 Å². The fourth-order valence-corrected chi connectivity index (χ4v) is 9.86. The van der Waals surface area contributed by atoms with E-state index in [1.54, 1.807) is 24.3 Å². The maximum absolute atomic E-state index is 15.0. The van der Waals surface area contributed by atoms with Crippen LogP contribution in [0.4, 0.5) is 9.52 Å². The zero-order chi connectivity index (χ0) is 45.9. The second kappa shape index (κ2) is 16.8. The number of sulfonamides is 1. The normalized spacial score (nSPS) is 21.4. The summed E-state index contributed by atoms with van der Waals surface area (Å²) in [6.45, 7) is 12.9. The number of carbonyl (C=O) groups excluding carboxylic acids is 4. The number of furan rings is 1. The summed E-state index contributed by atoms with van der Waals surface area (Å²) in [5, 5.41) is 7.38. The number of ether oxygens (including phenoxy) is 3. The number of fused-ring (bicyclic) bond motifs is 3. The van der Waals surface area contributed by atoms with E-state index in [-0.39, 0.29) is 59.1 Å². The first-order chi connectivity index (χ1) is 30.3. The molecular formula is C44H48FN7O10S2. The Morgan fingerprint density at radius 2 is 1.81 bits per heavy atom. The van der Waals surface area contributed by atoms with Crippen molar-refractivity contribution in [1.29, 1.82) is 0 Å². The Labute approximate surface area is 372 Å². The summed E-state index contributed by atoms with van der Waals surface area (Å²) in [6, 6.07) is 8.83. The fourth-order valence-electron chi connectivity index (χ4n) is 7.78. The average Bonchev–Trinajstić information content (AvgIpc) is 4.08. The molecule has 1 saturated heterocycles. The summed E-state index contributed by atoms with van der Waals surface area (Å²) >= 11 is 1.09. The summed E-state index contributed by atoms with van der Waals surface area (Å²) in [6.07, 6.45) is 1.33. The van der Waals surface area contributed by atoms with Crippen LogP contribution in [-0.2, 0) is 29.1 Å². The molecule has 338 valence electrons. The Hall–Kier alpha value is -6.15. The Kier molecular flexibility index (Phi) is 11.6. The lowest BCUT2D eigenvalue weighted by Crippen LogP contribution is -2.58. The number of thiazole rings is 1. The molecule has 64 heavy (non-hydrogen) atoms. The maximum Gasteiger partial charge on any atom is 0.357 e. The van der Waals surface area contributed by atoms with Crippen LogP contribution in [0.2, 0.25) is 0 Å². The third-order valence-corrected chi connectivity index (χ3v) is 14.0. The van der Waals surface area contributed by atoms with Gasteiger partial charge in [0.2, 0.25) is 27.4 Å². The lowest BCUT2D eigenvalue weighted by molar-refractivity contribution is -0.141. The first-order valence-electron chi connectivity index (χ1n) is 20.7. The topological polar surface area (TPSA) is 221 Å². The van der Waals surface area contributed by atoms with Gasteiger partial charge in [-0.1, -0.05) is 26.8 Å². The van der Waals surface area contributed by atoms with Crippen molar-refractivity contribution in [3.63, 3.8) is 0 Å². The van der Waals surface area contributed by atoms with Gasteiger partial charge in [-0.15, -0.1) is 17.9 Å². The summed E-state index contributed by atoms with van der Waals surface area (Å²) in [7, 11) is -2.74. The second-order valence-corrected chi connectivity index (χ2v) is 20.4. The Balaban J connectivity index is 1.15. The van der Waals surface area contributed by atoms with E-state index in [1.165, 1.54) is 41.7 Å². The van der Waals surface area contributed by atoms with Gasteiger partial charge in [0.1, 0.15) is 46.4 Å². The fraction of sp³-hybridized carbons (Fsp3) is 0.432. The molecule has 3 N–H and O–H groups in total. The summed E-state index contributed by atoms with van der Waals surface area (Å²) in [5.74, 6) is -3.09. The lowest BCUT2D eigenvalue weighted by Gasteiger charge is -2.35. The highest BCUT2D eigenvalue weighted by Gasteiger charge is 2.62. The van der Waals surface area contributed by atoms with Gasteiger partial charge in [0.05, 0.1) is 25.0 Å². The third-order valence-electron chi connectivity index (χ3n) is 11.4. The molecule has 3 aliphatic rings. The highest BCUT2D eigenvalue weighted by Crippen LogP contribution is 2.46. The molecule has 1 aliphatic heterocycles. The number of halogens is 1. The number of esters is 1.